The fourth-order valence-electron chi connectivity index (χ4n) is 2.56. The van der Waals surface area contributed by atoms with Gasteiger partial charge in [-0.1, -0.05) is 25.1 Å². The number of thioether (sulfide) groups is 1. The van der Waals surface area contributed by atoms with Crippen LogP contribution in [0.5, 0.6) is 5.75 Å². The molecule has 1 atom stereocenters. The summed E-state index contributed by atoms with van der Waals surface area (Å²) in [7, 11) is 3.68. The highest BCUT2D eigenvalue weighted by molar-refractivity contribution is 7.98. The normalized spacial score (nSPS) is 12.4. The van der Waals surface area contributed by atoms with E-state index in [1.54, 1.807) is 25.1 Å². The van der Waals surface area contributed by atoms with Crippen molar-refractivity contribution in [2.75, 3.05) is 20.4 Å². The summed E-state index contributed by atoms with van der Waals surface area (Å²) >= 11 is 1.76. The Bertz CT molecular complexity index is 583. The molecule has 2 aromatic rings. The molecule has 0 radical (unpaired) electrons. The Morgan fingerprint density at radius 1 is 1.38 bits per heavy atom. The highest BCUT2D eigenvalue weighted by Crippen LogP contribution is 2.34. The van der Waals surface area contributed by atoms with Gasteiger partial charge in [0.15, 0.2) is 5.75 Å². The molecule has 114 valence electrons. The number of aromatic nitrogens is 2. The average Bonchev–Trinajstić information content (AvgIpc) is 2.92. The standard InChI is InChI=1S/C16H23N3OS/c1-5-10-19-16(13(20-3)11-18-19)15(17-2)12-8-6-7-9-14(12)21-4/h6-9,11,15,17H,5,10H2,1-4H3. The minimum absolute atomic E-state index is 0.0673. The Balaban J connectivity index is 2.52. The van der Waals surface area contributed by atoms with Gasteiger partial charge in [0.05, 0.1) is 19.3 Å². The molecule has 2 rings (SSSR count). The van der Waals surface area contributed by atoms with Gasteiger partial charge in [0, 0.05) is 11.4 Å². The average molecular weight is 305 g/mol. The molecular weight excluding hydrogens is 282 g/mol. The number of hydrogen-bond acceptors (Lipinski definition) is 4. The third-order valence-electron chi connectivity index (χ3n) is 3.51. The van der Waals surface area contributed by atoms with Gasteiger partial charge in [0.2, 0.25) is 0 Å². The van der Waals surface area contributed by atoms with Crippen LogP contribution in [0.15, 0.2) is 35.4 Å². The lowest BCUT2D eigenvalue weighted by molar-refractivity contribution is 0.399. The van der Waals surface area contributed by atoms with Gasteiger partial charge in [-0.3, -0.25) is 4.68 Å². The molecule has 4 nitrogen and oxygen atoms in total. The highest BCUT2D eigenvalue weighted by atomic mass is 32.2. The van der Waals surface area contributed by atoms with Crippen molar-refractivity contribution in [3.63, 3.8) is 0 Å². The SMILES string of the molecule is CCCn1ncc(OC)c1C(NC)c1ccccc1SC. The van der Waals surface area contributed by atoms with Crippen molar-refractivity contribution in [3.05, 3.63) is 41.7 Å². The Kier molecular flexibility index (Phi) is 5.70. The van der Waals surface area contributed by atoms with Gasteiger partial charge in [-0.15, -0.1) is 11.8 Å². The van der Waals surface area contributed by atoms with Crippen LogP contribution in [0.25, 0.3) is 0 Å². The molecule has 0 saturated heterocycles. The van der Waals surface area contributed by atoms with Crippen LogP contribution in [0.1, 0.15) is 30.6 Å². The summed E-state index contributed by atoms with van der Waals surface area (Å²) in [4.78, 5) is 1.27. The maximum absolute atomic E-state index is 5.52. The summed E-state index contributed by atoms with van der Waals surface area (Å²) < 4.78 is 7.56. The first-order valence-corrected chi connectivity index (χ1v) is 8.39. The summed E-state index contributed by atoms with van der Waals surface area (Å²) in [6.45, 7) is 3.04. The number of benzene rings is 1. The maximum atomic E-state index is 5.52. The number of nitrogens with zero attached hydrogens (tertiary/aromatic N) is 2. The van der Waals surface area contributed by atoms with Gasteiger partial charge in [-0.05, 0) is 31.4 Å². The van der Waals surface area contributed by atoms with Gasteiger partial charge in [0.1, 0.15) is 5.69 Å². The molecular formula is C16H23N3OS. The van der Waals surface area contributed by atoms with Crippen LogP contribution in [0.2, 0.25) is 0 Å². The number of nitrogens with one attached hydrogen (secondary N) is 1. The molecule has 21 heavy (non-hydrogen) atoms. The van der Waals surface area contributed by atoms with Crippen molar-refractivity contribution < 1.29 is 4.74 Å². The zero-order chi connectivity index (χ0) is 15.2. The third kappa shape index (κ3) is 3.24. The molecule has 1 heterocycles. The van der Waals surface area contributed by atoms with Crippen molar-refractivity contribution in [1.82, 2.24) is 15.1 Å². The lowest BCUT2D eigenvalue weighted by Crippen LogP contribution is -2.23. The summed E-state index contributed by atoms with van der Waals surface area (Å²) in [6, 6.07) is 8.53. The van der Waals surface area contributed by atoms with Gasteiger partial charge in [-0.2, -0.15) is 5.10 Å². The predicted octanol–water partition coefficient (Wildman–Crippen LogP) is 3.33. The van der Waals surface area contributed by atoms with Crippen molar-refractivity contribution in [2.24, 2.45) is 0 Å². The summed E-state index contributed by atoms with van der Waals surface area (Å²) in [6.07, 6.45) is 4.95. The van der Waals surface area contributed by atoms with Crippen LogP contribution in [0, 0.1) is 0 Å². The zero-order valence-electron chi connectivity index (χ0n) is 13.1. The molecule has 0 fully saturated rings. The minimum Gasteiger partial charge on any atom is -0.493 e. The second-order valence-electron chi connectivity index (χ2n) is 4.78. The molecule has 0 spiro atoms. The van der Waals surface area contributed by atoms with Crippen LogP contribution in [0.4, 0.5) is 0 Å². The third-order valence-corrected chi connectivity index (χ3v) is 4.32. The number of aryl methyl sites for hydroxylation is 1. The van der Waals surface area contributed by atoms with E-state index in [9.17, 15) is 0 Å². The quantitative estimate of drug-likeness (QED) is 0.796. The summed E-state index contributed by atoms with van der Waals surface area (Å²) in [5, 5.41) is 7.89. The van der Waals surface area contributed by atoms with E-state index >= 15 is 0 Å². The largest absolute Gasteiger partial charge is 0.493 e. The van der Waals surface area contributed by atoms with Crippen LogP contribution >= 0.6 is 11.8 Å². The number of ether oxygens (including phenoxy) is 1. The molecule has 1 aromatic heterocycles. The zero-order valence-corrected chi connectivity index (χ0v) is 13.9. The molecule has 0 aliphatic carbocycles. The van der Waals surface area contributed by atoms with Gasteiger partial charge < -0.3 is 10.1 Å². The highest BCUT2D eigenvalue weighted by Gasteiger charge is 2.23. The molecule has 1 N–H and O–H groups in total. The first-order valence-electron chi connectivity index (χ1n) is 7.16. The van der Waals surface area contributed by atoms with Crippen LogP contribution in [-0.2, 0) is 6.54 Å². The lowest BCUT2D eigenvalue weighted by atomic mass is 10.0. The molecule has 0 amide bonds. The molecule has 0 aliphatic heterocycles. The summed E-state index contributed by atoms with van der Waals surface area (Å²) in [5.74, 6) is 0.832. The number of hydrogen-bond donors (Lipinski definition) is 1. The molecule has 1 unspecified atom stereocenters. The topological polar surface area (TPSA) is 39.1 Å². The Hall–Kier alpha value is -1.46. The molecule has 5 heteroatoms. The van der Waals surface area contributed by atoms with Gasteiger partial charge in [-0.25, -0.2) is 0 Å². The second kappa shape index (κ2) is 7.52. The van der Waals surface area contributed by atoms with E-state index in [-0.39, 0.29) is 6.04 Å². The minimum atomic E-state index is 0.0673. The summed E-state index contributed by atoms with van der Waals surface area (Å²) in [5.41, 5.74) is 2.34. The lowest BCUT2D eigenvalue weighted by Gasteiger charge is -2.21. The monoisotopic (exact) mass is 305 g/mol. The first-order chi connectivity index (χ1) is 10.3. The van der Waals surface area contributed by atoms with E-state index in [2.05, 4.69) is 47.9 Å². The van der Waals surface area contributed by atoms with Crippen LogP contribution in [-0.4, -0.2) is 30.2 Å². The maximum Gasteiger partial charge on any atom is 0.161 e. The van der Waals surface area contributed by atoms with Crippen molar-refractivity contribution >= 4 is 11.8 Å². The van der Waals surface area contributed by atoms with Crippen molar-refractivity contribution in [3.8, 4) is 5.75 Å². The van der Waals surface area contributed by atoms with Crippen molar-refractivity contribution in [1.29, 1.82) is 0 Å². The predicted molar refractivity (Wildman–Crippen MR) is 88.2 cm³/mol. The van der Waals surface area contributed by atoms with Gasteiger partial charge >= 0.3 is 0 Å². The second-order valence-corrected chi connectivity index (χ2v) is 5.63. The Labute approximate surface area is 130 Å². The van der Waals surface area contributed by atoms with E-state index < -0.39 is 0 Å². The molecule has 0 aliphatic rings. The smallest absolute Gasteiger partial charge is 0.161 e. The van der Waals surface area contributed by atoms with E-state index in [4.69, 9.17) is 4.74 Å². The molecule has 1 aromatic carbocycles. The van der Waals surface area contributed by atoms with Gasteiger partial charge in [0.25, 0.3) is 0 Å². The molecule has 0 saturated carbocycles. The van der Waals surface area contributed by atoms with E-state index in [1.165, 1.54) is 10.5 Å². The van der Waals surface area contributed by atoms with Crippen molar-refractivity contribution in [2.45, 2.75) is 30.8 Å². The fraction of sp³-hybridized carbons (Fsp3) is 0.438. The first kappa shape index (κ1) is 15.9. The molecule has 0 bridgehead atoms. The Morgan fingerprint density at radius 3 is 2.76 bits per heavy atom. The van der Waals surface area contributed by atoms with Crippen LogP contribution < -0.4 is 10.1 Å². The number of rotatable bonds is 7. The van der Waals surface area contributed by atoms with E-state index in [0.29, 0.717) is 0 Å². The number of methoxy groups -OCH3 is 1. The Morgan fingerprint density at radius 2 is 2.14 bits per heavy atom. The van der Waals surface area contributed by atoms with E-state index in [1.807, 2.05) is 11.7 Å². The van der Waals surface area contributed by atoms with Crippen LogP contribution in [0.3, 0.4) is 0 Å². The fourth-order valence-corrected chi connectivity index (χ4v) is 3.20. The van der Waals surface area contributed by atoms with E-state index in [0.717, 1.165) is 24.4 Å².